The molecule has 0 radical (unpaired) electrons. The van der Waals surface area contributed by atoms with Gasteiger partial charge in [-0.3, -0.25) is 4.79 Å². The molecule has 0 aromatic rings. The van der Waals surface area contributed by atoms with Crippen LogP contribution in [0.3, 0.4) is 0 Å². The first-order chi connectivity index (χ1) is 25.1. The van der Waals surface area contributed by atoms with Crippen molar-refractivity contribution in [3.05, 3.63) is 24.3 Å². The average molecular weight is 733 g/mol. The van der Waals surface area contributed by atoms with E-state index in [9.17, 15) is 15.0 Å². The molecule has 0 spiro atoms. The van der Waals surface area contributed by atoms with Crippen molar-refractivity contribution in [2.24, 2.45) is 11.8 Å². The van der Waals surface area contributed by atoms with E-state index < -0.39 is 24.1 Å². The standard InChI is InChI=1S/C40H60O12/c1-6-40-18-33-36(51-40)37-38(50-33)39(52-40)35-29(49-37)10-8-26(47-35)14-23(42)15-27-31(48-32(34(27)44-5)16-24(43)19-41)17-30-22(4)21(3)13-25(46-30)7-9-28-20(2)11-12-45-28/h21,24-39,41,43H,2,4,6-19H2,1,3,5H3/t21-,24+,25+,26-,27+,28+,29+,30-,31+,32-,33-,34-,35+,36?,37+,38-,39+,40+/m1/s1. The lowest BCUT2D eigenvalue weighted by atomic mass is 9.81. The number of hydrogen-bond donors (Lipinski definition) is 2. The molecule has 9 rings (SSSR count). The van der Waals surface area contributed by atoms with Gasteiger partial charge in [-0.15, -0.1) is 0 Å². The fourth-order valence-corrected chi connectivity index (χ4v) is 10.6. The largest absolute Gasteiger partial charge is 0.394 e. The lowest BCUT2D eigenvalue weighted by Gasteiger charge is -2.47. The van der Waals surface area contributed by atoms with Crippen molar-refractivity contribution in [3.8, 4) is 0 Å². The molecule has 0 amide bonds. The minimum atomic E-state index is -0.954. The number of aliphatic hydroxyl groups excluding tert-OH is 2. The fourth-order valence-electron chi connectivity index (χ4n) is 10.6. The lowest BCUT2D eigenvalue weighted by molar-refractivity contribution is -0.290. The zero-order chi connectivity index (χ0) is 36.3. The van der Waals surface area contributed by atoms with Crippen LogP contribution in [0.1, 0.15) is 90.9 Å². The Morgan fingerprint density at radius 3 is 2.46 bits per heavy atom. The first kappa shape index (κ1) is 37.6. The second-order valence-electron chi connectivity index (χ2n) is 16.8. The summed E-state index contributed by atoms with van der Waals surface area (Å²) in [7, 11) is 1.62. The van der Waals surface area contributed by atoms with Crippen LogP contribution in [-0.4, -0.2) is 134 Å². The van der Waals surface area contributed by atoms with Crippen LogP contribution in [0.25, 0.3) is 0 Å². The van der Waals surface area contributed by atoms with Gasteiger partial charge in [-0.25, -0.2) is 0 Å². The molecule has 0 saturated carbocycles. The topological polar surface area (TPSA) is 141 Å². The Labute approximate surface area is 307 Å². The summed E-state index contributed by atoms with van der Waals surface area (Å²) in [5, 5.41) is 20.1. The molecule has 6 bridgehead atoms. The molecule has 9 saturated heterocycles. The maximum atomic E-state index is 14.0. The second-order valence-corrected chi connectivity index (χ2v) is 16.8. The highest BCUT2D eigenvalue weighted by atomic mass is 16.8. The Hall–Kier alpha value is -1.29. The van der Waals surface area contributed by atoms with E-state index in [2.05, 4.69) is 27.0 Å². The van der Waals surface area contributed by atoms with Crippen LogP contribution >= 0.6 is 0 Å². The fraction of sp³-hybridized carbons (Fsp3) is 0.875. The zero-order valence-electron chi connectivity index (χ0n) is 31.1. The summed E-state index contributed by atoms with van der Waals surface area (Å²) in [5.41, 5.74) is 2.19. The molecular weight excluding hydrogens is 672 g/mol. The van der Waals surface area contributed by atoms with E-state index in [4.69, 9.17) is 42.6 Å². The highest BCUT2D eigenvalue weighted by Gasteiger charge is 2.68. The zero-order valence-corrected chi connectivity index (χ0v) is 31.1. The molecule has 9 aliphatic heterocycles. The maximum Gasteiger partial charge on any atom is 0.171 e. The number of ketones is 1. The molecule has 52 heavy (non-hydrogen) atoms. The Bertz CT molecular complexity index is 1330. The molecule has 292 valence electrons. The van der Waals surface area contributed by atoms with Crippen molar-refractivity contribution in [3.63, 3.8) is 0 Å². The number of ether oxygens (including phenoxy) is 9. The molecule has 0 aromatic heterocycles. The maximum absolute atomic E-state index is 14.0. The SMILES string of the molecule is C=C1CCO[C@H]1CC[C@H]1C[C@@H](C)C(=C)[C@@H](C[C@@H]2O[C@H](C[C@H](O)CO)[C@H](OC)[C@H]2CC(=O)C[C@H]2CC[C@@H]3O[C@H]4C5O[C@]6(CC)C[C@H]5O[C@H]4[C@@H](O6)[C@H]3O2)O1. The van der Waals surface area contributed by atoms with E-state index in [1.807, 2.05) is 0 Å². The van der Waals surface area contributed by atoms with Gasteiger partial charge in [0, 0.05) is 45.1 Å². The van der Waals surface area contributed by atoms with E-state index in [-0.39, 0.29) is 117 Å². The van der Waals surface area contributed by atoms with Crippen molar-refractivity contribution < 1.29 is 57.6 Å². The van der Waals surface area contributed by atoms with Crippen LogP contribution in [0.4, 0.5) is 0 Å². The molecule has 1 unspecified atom stereocenters. The van der Waals surface area contributed by atoms with Gasteiger partial charge in [-0.2, -0.15) is 0 Å². The molecule has 0 aromatic carbocycles. The number of hydrogen-bond acceptors (Lipinski definition) is 12. The average Bonchev–Trinajstić information content (AvgIpc) is 3.83. The molecular formula is C40H60O12. The van der Waals surface area contributed by atoms with Gasteiger partial charge in [0.2, 0.25) is 0 Å². The van der Waals surface area contributed by atoms with E-state index in [1.165, 1.54) is 0 Å². The number of carbonyl (C=O) groups is 1. The molecule has 12 heteroatoms. The summed E-state index contributed by atoms with van der Waals surface area (Å²) >= 11 is 0. The number of rotatable bonds is 14. The van der Waals surface area contributed by atoms with Gasteiger partial charge in [-0.05, 0) is 62.0 Å². The van der Waals surface area contributed by atoms with Gasteiger partial charge in [0.25, 0.3) is 0 Å². The van der Waals surface area contributed by atoms with Crippen molar-refractivity contribution in [2.45, 2.75) is 188 Å². The number of methoxy groups -OCH3 is 1. The summed E-state index contributed by atoms with van der Waals surface area (Å²) in [6.07, 6.45) is 3.85. The van der Waals surface area contributed by atoms with E-state index in [0.717, 1.165) is 56.3 Å². The summed E-state index contributed by atoms with van der Waals surface area (Å²) in [5.74, 6) is -0.598. The molecule has 18 atom stereocenters. The second kappa shape index (κ2) is 15.3. The number of fused-ring (bicyclic) bond motifs is 1. The van der Waals surface area contributed by atoms with Crippen LogP contribution < -0.4 is 0 Å². The van der Waals surface area contributed by atoms with Gasteiger partial charge in [-0.1, -0.05) is 27.0 Å². The van der Waals surface area contributed by atoms with Crippen LogP contribution in [-0.2, 0) is 47.4 Å². The summed E-state index contributed by atoms with van der Waals surface area (Å²) in [4.78, 5) is 14.0. The minimum absolute atomic E-state index is 0.0210. The lowest BCUT2D eigenvalue weighted by Crippen LogP contribution is -2.61. The van der Waals surface area contributed by atoms with Crippen LogP contribution in [0, 0.1) is 11.8 Å². The van der Waals surface area contributed by atoms with Gasteiger partial charge in [0.15, 0.2) is 5.79 Å². The molecule has 9 aliphatic rings. The Morgan fingerprint density at radius 2 is 1.71 bits per heavy atom. The third-order valence-electron chi connectivity index (χ3n) is 13.5. The third-order valence-corrected chi connectivity index (χ3v) is 13.5. The van der Waals surface area contributed by atoms with Crippen molar-refractivity contribution in [1.29, 1.82) is 0 Å². The monoisotopic (exact) mass is 732 g/mol. The van der Waals surface area contributed by atoms with Crippen LogP contribution in [0.2, 0.25) is 0 Å². The molecule has 9 fully saturated rings. The predicted molar refractivity (Wildman–Crippen MR) is 186 cm³/mol. The molecule has 9 heterocycles. The van der Waals surface area contributed by atoms with Gasteiger partial charge < -0.3 is 52.8 Å². The predicted octanol–water partition coefficient (Wildman–Crippen LogP) is 3.72. The third kappa shape index (κ3) is 7.13. The molecule has 0 aliphatic carbocycles. The number of aliphatic hydroxyl groups is 2. The van der Waals surface area contributed by atoms with Crippen molar-refractivity contribution in [2.75, 3.05) is 20.3 Å². The van der Waals surface area contributed by atoms with Crippen molar-refractivity contribution >= 4 is 5.78 Å². The first-order valence-electron chi connectivity index (χ1n) is 20.0. The quantitative estimate of drug-likeness (QED) is 0.252. The Balaban J connectivity index is 0.928. The molecule has 12 nitrogen and oxygen atoms in total. The number of Topliss-reactive ketones (excluding diaryl/α,β-unsaturated/α-hetero) is 1. The van der Waals surface area contributed by atoms with E-state index >= 15 is 0 Å². The van der Waals surface area contributed by atoms with Crippen LogP contribution in [0.5, 0.6) is 0 Å². The van der Waals surface area contributed by atoms with E-state index in [1.54, 1.807) is 7.11 Å². The van der Waals surface area contributed by atoms with Gasteiger partial charge in [0.1, 0.15) is 36.3 Å². The molecule has 2 N–H and O–H groups in total. The highest BCUT2D eigenvalue weighted by molar-refractivity contribution is 5.79. The summed E-state index contributed by atoms with van der Waals surface area (Å²) in [6.45, 7) is 13.3. The summed E-state index contributed by atoms with van der Waals surface area (Å²) in [6, 6.07) is 0. The number of carbonyl (C=O) groups excluding carboxylic acids is 1. The minimum Gasteiger partial charge on any atom is -0.394 e. The van der Waals surface area contributed by atoms with Gasteiger partial charge in [0.05, 0.1) is 74.3 Å². The summed E-state index contributed by atoms with van der Waals surface area (Å²) < 4.78 is 58.0. The first-order valence-corrected chi connectivity index (χ1v) is 20.0. The Morgan fingerprint density at radius 1 is 0.923 bits per heavy atom. The highest BCUT2D eigenvalue weighted by Crippen LogP contribution is 2.53. The van der Waals surface area contributed by atoms with Gasteiger partial charge >= 0.3 is 0 Å². The van der Waals surface area contributed by atoms with Crippen LogP contribution in [0.15, 0.2) is 24.3 Å². The van der Waals surface area contributed by atoms with E-state index in [0.29, 0.717) is 19.3 Å². The Kier molecular flexibility index (Phi) is 11.1. The smallest absolute Gasteiger partial charge is 0.171 e. The van der Waals surface area contributed by atoms with Crippen molar-refractivity contribution in [1.82, 2.24) is 0 Å². The normalized spacial score (nSPS) is 48.6.